The minimum atomic E-state index is -1.85. The predicted octanol–water partition coefficient (Wildman–Crippen LogP) is 4.43. The highest BCUT2D eigenvalue weighted by molar-refractivity contribution is 5.79. The Morgan fingerprint density at radius 2 is 1.41 bits per heavy atom. The van der Waals surface area contributed by atoms with E-state index in [-0.39, 0.29) is 25.5 Å². The van der Waals surface area contributed by atoms with E-state index in [0.29, 0.717) is 28.9 Å². The molecule has 268 valence electrons. The maximum absolute atomic E-state index is 14.2. The zero-order chi connectivity index (χ0) is 36.0. The van der Waals surface area contributed by atoms with Crippen LogP contribution in [0.3, 0.4) is 0 Å². The zero-order valence-electron chi connectivity index (χ0n) is 27.8. The van der Waals surface area contributed by atoms with Crippen molar-refractivity contribution in [3.05, 3.63) is 89.2 Å². The second kappa shape index (κ2) is 18.5. The molecule has 49 heavy (non-hydrogen) atoms. The van der Waals surface area contributed by atoms with Gasteiger partial charge in [0.2, 0.25) is 6.10 Å². The summed E-state index contributed by atoms with van der Waals surface area (Å²) in [6.45, 7) is 5.64. The third kappa shape index (κ3) is 12.0. The quantitative estimate of drug-likeness (QED) is 0.0593. The number of methoxy groups -OCH3 is 1. The van der Waals surface area contributed by atoms with E-state index >= 15 is 0 Å². The van der Waals surface area contributed by atoms with Crippen LogP contribution in [0.5, 0.6) is 6.01 Å². The van der Waals surface area contributed by atoms with Gasteiger partial charge in [0, 0.05) is 32.3 Å². The standard InChI is InChI=1S/C32H42N4O13/c1-22-20-23(2)34-29(33-22)46-27(32(43-5,24-14-8-6-9-15-24)25-16-10-7-11-17-25)28(37)47-31(3,4)48-30(38)44-19-13-12-18-26(49-36(41)42)21-45-35(39)40/h6-11,14-17,20,26-27,39-42H,12-13,18-19,21H2,1-5H3/t26?,27-/m1/s1. The average molecular weight is 691 g/mol. The van der Waals surface area contributed by atoms with Gasteiger partial charge in [-0.1, -0.05) is 60.7 Å². The van der Waals surface area contributed by atoms with Gasteiger partial charge in [-0.15, -0.1) is 0 Å². The minimum absolute atomic E-state index is 0.0965. The number of hydrogen-bond donors (Lipinski definition) is 4. The van der Waals surface area contributed by atoms with Gasteiger partial charge >= 0.3 is 18.1 Å². The lowest BCUT2D eigenvalue weighted by Gasteiger charge is -2.39. The molecule has 0 radical (unpaired) electrons. The van der Waals surface area contributed by atoms with Gasteiger partial charge in [0.25, 0.3) is 5.79 Å². The maximum atomic E-state index is 14.2. The molecule has 3 rings (SSSR count). The normalized spacial score (nSPS) is 13.2. The van der Waals surface area contributed by atoms with Crippen LogP contribution in [-0.4, -0.2) is 92.0 Å². The predicted molar refractivity (Wildman–Crippen MR) is 165 cm³/mol. The third-order valence-corrected chi connectivity index (χ3v) is 6.93. The van der Waals surface area contributed by atoms with E-state index in [0.717, 1.165) is 0 Å². The molecule has 1 aromatic heterocycles. The highest BCUT2D eigenvalue weighted by Crippen LogP contribution is 2.39. The number of rotatable bonds is 19. The molecule has 0 aliphatic carbocycles. The molecule has 0 spiro atoms. The van der Waals surface area contributed by atoms with E-state index < -0.39 is 53.1 Å². The highest BCUT2D eigenvalue weighted by atomic mass is 17.1. The van der Waals surface area contributed by atoms with Crippen molar-refractivity contribution < 1.29 is 63.8 Å². The largest absolute Gasteiger partial charge is 0.511 e. The number of carbonyl (C=O) groups excluding carboxylic acids is 2. The number of esters is 1. The average Bonchev–Trinajstić information content (AvgIpc) is 3.03. The highest BCUT2D eigenvalue weighted by Gasteiger charge is 2.51. The molecule has 3 aromatic rings. The van der Waals surface area contributed by atoms with Crippen molar-refractivity contribution in [3.63, 3.8) is 0 Å². The van der Waals surface area contributed by atoms with E-state index in [4.69, 9.17) is 44.5 Å². The first-order valence-electron chi connectivity index (χ1n) is 15.1. The number of hydrogen-bond acceptors (Lipinski definition) is 17. The summed E-state index contributed by atoms with van der Waals surface area (Å²) in [6.07, 6.45) is -2.95. The molecule has 0 aliphatic heterocycles. The zero-order valence-corrected chi connectivity index (χ0v) is 27.8. The Balaban J connectivity index is 1.77. The monoisotopic (exact) mass is 690 g/mol. The molecule has 1 heterocycles. The fraction of sp³-hybridized carbons (Fsp3) is 0.438. The van der Waals surface area contributed by atoms with Crippen molar-refractivity contribution in [2.24, 2.45) is 0 Å². The molecule has 2 aromatic carbocycles. The van der Waals surface area contributed by atoms with Crippen molar-refractivity contribution >= 4 is 12.1 Å². The van der Waals surface area contributed by atoms with Crippen molar-refractivity contribution in [2.75, 3.05) is 20.3 Å². The van der Waals surface area contributed by atoms with Gasteiger partial charge in [-0.3, -0.25) is 20.8 Å². The molecule has 0 bridgehead atoms. The first-order valence-corrected chi connectivity index (χ1v) is 15.1. The van der Waals surface area contributed by atoms with Crippen LogP contribution >= 0.6 is 0 Å². The minimum Gasteiger partial charge on any atom is -0.444 e. The molecule has 0 aliphatic rings. The number of aromatic nitrogens is 2. The summed E-state index contributed by atoms with van der Waals surface area (Å²) in [5, 5.41) is 34.0. The maximum Gasteiger partial charge on any atom is 0.511 e. The van der Waals surface area contributed by atoms with Crippen LogP contribution in [0.2, 0.25) is 0 Å². The third-order valence-electron chi connectivity index (χ3n) is 6.93. The van der Waals surface area contributed by atoms with E-state index in [1.54, 1.807) is 68.4 Å². The molecule has 2 atom stereocenters. The van der Waals surface area contributed by atoms with Gasteiger partial charge in [-0.25, -0.2) is 29.2 Å². The summed E-state index contributed by atoms with van der Waals surface area (Å²) in [4.78, 5) is 44.6. The number of aryl methyl sites for hydroxylation is 2. The number of ether oxygens (including phenoxy) is 5. The molecule has 1 unspecified atom stereocenters. The number of carbonyl (C=O) groups is 2. The first kappa shape index (κ1) is 39.1. The van der Waals surface area contributed by atoms with Crippen LogP contribution in [0.1, 0.15) is 55.6 Å². The molecule has 17 nitrogen and oxygen atoms in total. The second-order valence-corrected chi connectivity index (χ2v) is 11.1. The molecule has 0 saturated heterocycles. The van der Waals surface area contributed by atoms with Gasteiger partial charge in [-0.05, 0) is 50.3 Å². The first-order chi connectivity index (χ1) is 23.3. The van der Waals surface area contributed by atoms with Gasteiger partial charge in [-0.2, -0.15) is 0 Å². The summed E-state index contributed by atoms with van der Waals surface area (Å²) in [5.41, 5.74) is 0.738. The smallest absolute Gasteiger partial charge is 0.444 e. The summed E-state index contributed by atoms with van der Waals surface area (Å²) in [7, 11) is 1.43. The topological polar surface area (TPSA) is 212 Å². The van der Waals surface area contributed by atoms with E-state index in [2.05, 4.69) is 19.6 Å². The SMILES string of the molecule is COC(c1ccccc1)(c1ccccc1)[C@H](Oc1nc(C)cc(C)n1)C(=O)OC(C)(C)OC(=O)OCCCCC(CON(O)O)ON(O)O. The second-order valence-electron chi connectivity index (χ2n) is 11.1. The van der Waals surface area contributed by atoms with Crippen molar-refractivity contribution in [3.8, 4) is 6.01 Å². The van der Waals surface area contributed by atoms with Crippen LogP contribution < -0.4 is 4.74 Å². The molecule has 4 N–H and O–H groups in total. The fourth-order valence-electron chi connectivity index (χ4n) is 4.96. The van der Waals surface area contributed by atoms with Crippen molar-refractivity contribution in [2.45, 2.75) is 70.6 Å². The lowest BCUT2D eigenvalue weighted by Crippen LogP contribution is -2.53. The van der Waals surface area contributed by atoms with E-state index in [1.807, 2.05) is 12.1 Å². The summed E-state index contributed by atoms with van der Waals surface area (Å²) < 4.78 is 28.6. The summed E-state index contributed by atoms with van der Waals surface area (Å²) in [6, 6.07) is 19.6. The Labute approximate surface area is 282 Å². The lowest BCUT2D eigenvalue weighted by atomic mass is 9.81. The molecule has 17 heteroatoms. The van der Waals surface area contributed by atoms with Crippen LogP contribution in [0.25, 0.3) is 0 Å². The van der Waals surface area contributed by atoms with Crippen LogP contribution in [-0.2, 0) is 39.0 Å². The Morgan fingerprint density at radius 3 is 1.92 bits per heavy atom. The lowest BCUT2D eigenvalue weighted by molar-refractivity contribution is -0.527. The Hall–Kier alpha value is -4.30. The number of benzene rings is 2. The van der Waals surface area contributed by atoms with E-state index in [9.17, 15) is 9.59 Å². The summed E-state index contributed by atoms with van der Waals surface area (Å²) in [5.74, 6) is -2.82. The van der Waals surface area contributed by atoms with Crippen LogP contribution in [0, 0.1) is 13.8 Å². The molecule has 0 saturated carbocycles. The summed E-state index contributed by atoms with van der Waals surface area (Å²) >= 11 is 0. The van der Waals surface area contributed by atoms with Gasteiger partial charge < -0.3 is 23.7 Å². The number of unbranched alkanes of at least 4 members (excludes halogenated alkanes) is 1. The van der Waals surface area contributed by atoms with Crippen molar-refractivity contribution in [1.29, 1.82) is 0 Å². The Bertz CT molecular complexity index is 1400. The Morgan fingerprint density at radius 1 is 0.837 bits per heavy atom. The molecule has 0 amide bonds. The van der Waals surface area contributed by atoms with Crippen LogP contribution in [0.15, 0.2) is 66.7 Å². The number of nitrogens with zero attached hydrogens (tertiary/aromatic N) is 4. The molecule has 0 fully saturated rings. The van der Waals surface area contributed by atoms with Gasteiger partial charge in [0.05, 0.1) is 17.4 Å². The van der Waals surface area contributed by atoms with Crippen LogP contribution in [0.4, 0.5) is 4.79 Å². The Kier molecular flexibility index (Phi) is 14.7. The van der Waals surface area contributed by atoms with Gasteiger partial charge in [0.15, 0.2) is 5.60 Å². The van der Waals surface area contributed by atoms with E-state index in [1.165, 1.54) is 21.0 Å². The molecular weight excluding hydrogens is 648 g/mol. The van der Waals surface area contributed by atoms with Crippen molar-refractivity contribution in [1.82, 2.24) is 20.7 Å². The molecular formula is C32H42N4O13. The van der Waals surface area contributed by atoms with Gasteiger partial charge in [0.1, 0.15) is 12.7 Å². The fourth-order valence-corrected chi connectivity index (χ4v) is 4.96.